The summed E-state index contributed by atoms with van der Waals surface area (Å²) in [5.41, 5.74) is -0.283. The van der Waals surface area contributed by atoms with E-state index in [1.54, 1.807) is 0 Å². The molecule has 0 aliphatic carbocycles. The second-order valence-electron chi connectivity index (χ2n) is 4.56. The molecule has 1 heterocycles. The summed E-state index contributed by atoms with van der Waals surface area (Å²) < 4.78 is 46.5. The molecule has 20 heavy (non-hydrogen) atoms. The highest BCUT2D eigenvalue weighted by atomic mass is 32.2. The van der Waals surface area contributed by atoms with Crippen LogP contribution in [0.5, 0.6) is 0 Å². The van der Waals surface area contributed by atoms with Gasteiger partial charge in [-0.15, -0.1) is 0 Å². The Balaban J connectivity index is 3.12. The van der Waals surface area contributed by atoms with Gasteiger partial charge in [-0.1, -0.05) is 6.92 Å². The van der Waals surface area contributed by atoms with E-state index in [1.807, 2.05) is 27.7 Å². The van der Waals surface area contributed by atoms with E-state index in [-0.39, 0.29) is 12.1 Å². The van der Waals surface area contributed by atoms with E-state index in [1.165, 1.54) is 0 Å². The number of hydrogen-bond donors (Lipinski definition) is 0. The summed E-state index contributed by atoms with van der Waals surface area (Å²) in [7, 11) is -6.58. The Labute approximate surface area is 123 Å². The van der Waals surface area contributed by atoms with Gasteiger partial charge in [-0.3, -0.25) is 4.18 Å². The second-order valence-corrected chi connectivity index (χ2v) is 9.20. The fraction of sp³-hybridized carbons (Fsp3) is 1.00. The Kier molecular flexibility index (Phi) is 7.09. The molecule has 6 nitrogen and oxygen atoms in total. The predicted octanol–water partition coefficient (Wildman–Crippen LogP) is 1.93. The van der Waals surface area contributed by atoms with Crippen LogP contribution in [-0.4, -0.2) is 48.9 Å². The molecule has 1 aliphatic heterocycles. The summed E-state index contributed by atoms with van der Waals surface area (Å²) >= 11 is 0. The molecule has 2 unspecified atom stereocenters. The maximum Gasteiger partial charge on any atom is 0.505 e. The quantitative estimate of drug-likeness (QED) is 0.476. The van der Waals surface area contributed by atoms with Gasteiger partial charge in [0.25, 0.3) is 10.1 Å². The van der Waals surface area contributed by atoms with E-state index in [4.69, 9.17) is 17.5 Å². The van der Waals surface area contributed by atoms with Gasteiger partial charge in [0, 0.05) is 25.4 Å². The normalized spacial score (nSPS) is 23.9. The lowest BCUT2D eigenvalue weighted by Gasteiger charge is -2.36. The molecule has 0 aromatic carbocycles. The summed E-state index contributed by atoms with van der Waals surface area (Å²) in [5.74, 6) is 0. The molecule has 2 atom stereocenters. The maximum absolute atomic E-state index is 12.1. The standard InChI is InChI=1S/C12H26O6SSi/c1-5-12(11-9-10-15-19(11,13)14)20(16-6-2,17-7-3)18-8-4/h11-12H,5-10H2,1-4H3. The van der Waals surface area contributed by atoms with Crippen molar-refractivity contribution in [1.29, 1.82) is 0 Å². The highest BCUT2D eigenvalue weighted by Crippen LogP contribution is 2.40. The first-order chi connectivity index (χ1) is 9.47. The van der Waals surface area contributed by atoms with Gasteiger partial charge >= 0.3 is 8.80 Å². The molecular formula is C12H26O6SSi. The van der Waals surface area contributed by atoms with Gasteiger partial charge in [-0.25, -0.2) is 0 Å². The lowest BCUT2D eigenvalue weighted by Crippen LogP contribution is -2.54. The monoisotopic (exact) mass is 326 g/mol. The smallest absolute Gasteiger partial charge is 0.374 e. The third-order valence-corrected chi connectivity index (χ3v) is 9.23. The summed E-state index contributed by atoms with van der Waals surface area (Å²) in [6.07, 6.45) is 1.10. The van der Waals surface area contributed by atoms with E-state index in [0.29, 0.717) is 32.7 Å². The van der Waals surface area contributed by atoms with Crippen molar-refractivity contribution in [3.63, 3.8) is 0 Å². The molecule has 1 aliphatic rings. The van der Waals surface area contributed by atoms with Crippen molar-refractivity contribution in [2.45, 2.75) is 51.3 Å². The van der Waals surface area contributed by atoms with Gasteiger partial charge in [-0.2, -0.15) is 8.42 Å². The van der Waals surface area contributed by atoms with Crippen LogP contribution >= 0.6 is 0 Å². The maximum atomic E-state index is 12.1. The minimum atomic E-state index is -3.54. The van der Waals surface area contributed by atoms with E-state index in [0.717, 1.165) is 0 Å². The van der Waals surface area contributed by atoms with Gasteiger partial charge in [0.2, 0.25) is 0 Å². The molecule has 0 amide bonds. The molecular weight excluding hydrogens is 300 g/mol. The van der Waals surface area contributed by atoms with Crippen LogP contribution in [0.25, 0.3) is 0 Å². The first-order valence-corrected chi connectivity index (χ1v) is 10.5. The molecule has 0 radical (unpaired) electrons. The van der Waals surface area contributed by atoms with Crippen LogP contribution in [0.1, 0.15) is 40.5 Å². The first-order valence-electron chi connectivity index (χ1n) is 7.27. The fourth-order valence-electron chi connectivity index (χ4n) is 2.70. The van der Waals surface area contributed by atoms with Crippen molar-refractivity contribution in [3.8, 4) is 0 Å². The van der Waals surface area contributed by atoms with Gasteiger partial charge < -0.3 is 13.3 Å². The predicted molar refractivity (Wildman–Crippen MR) is 77.9 cm³/mol. The number of hydrogen-bond acceptors (Lipinski definition) is 6. The van der Waals surface area contributed by atoms with Crippen molar-refractivity contribution >= 4 is 18.9 Å². The van der Waals surface area contributed by atoms with E-state index >= 15 is 0 Å². The van der Waals surface area contributed by atoms with Gasteiger partial charge in [-0.05, 0) is 33.6 Å². The largest absolute Gasteiger partial charge is 0.505 e. The van der Waals surface area contributed by atoms with Crippen molar-refractivity contribution in [1.82, 2.24) is 0 Å². The van der Waals surface area contributed by atoms with Crippen molar-refractivity contribution in [2.24, 2.45) is 0 Å². The zero-order valence-corrected chi connectivity index (χ0v) is 14.6. The fourth-order valence-corrected chi connectivity index (χ4v) is 8.41. The van der Waals surface area contributed by atoms with Crippen molar-refractivity contribution < 1.29 is 25.9 Å². The molecule has 0 N–H and O–H groups in total. The molecule has 0 aromatic heterocycles. The van der Waals surface area contributed by atoms with Crippen LogP contribution in [0.4, 0.5) is 0 Å². The average Bonchev–Trinajstić information content (AvgIpc) is 2.71. The molecule has 0 aromatic rings. The summed E-state index contributed by atoms with van der Waals surface area (Å²) in [5, 5.41) is -0.594. The number of rotatable bonds is 9. The SMILES string of the molecule is CCO[Si](OCC)(OCC)C(CC)C1CCOS1(=O)=O. The topological polar surface area (TPSA) is 71.1 Å². The highest BCUT2D eigenvalue weighted by molar-refractivity contribution is 7.87. The average molecular weight is 326 g/mol. The van der Waals surface area contributed by atoms with Crippen LogP contribution in [-0.2, 0) is 27.6 Å². The molecule has 0 saturated carbocycles. The molecule has 0 spiro atoms. The van der Waals surface area contributed by atoms with Crippen LogP contribution in [0.15, 0.2) is 0 Å². The molecule has 1 rings (SSSR count). The Bertz CT molecular complexity index is 368. The van der Waals surface area contributed by atoms with Crippen LogP contribution < -0.4 is 0 Å². The summed E-state index contributed by atoms with van der Waals surface area (Å²) in [6.45, 7) is 9.10. The van der Waals surface area contributed by atoms with Crippen molar-refractivity contribution in [2.75, 3.05) is 26.4 Å². The van der Waals surface area contributed by atoms with Crippen molar-refractivity contribution in [3.05, 3.63) is 0 Å². The van der Waals surface area contributed by atoms with Gasteiger partial charge in [0.15, 0.2) is 0 Å². The molecule has 1 fully saturated rings. The van der Waals surface area contributed by atoms with Gasteiger partial charge in [0.05, 0.1) is 11.9 Å². The van der Waals surface area contributed by atoms with E-state index < -0.39 is 24.2 Å². The Morgan fingerprint density at radius 1 is 1.10 bits per heavy atom. The van der Waals surface area contributed by atoms with E-state index in [9.17, 15) is 8.42 Å². The third kappa shape index (κ3) is 3.80. The molecule has 120 valence electrons. The third-order valence-electron chi connectivity index (χ3n) is 3.40. The molecule has 8 heteroatoms. The van der Waals surface area contributed by atoms with E-state index in [2.05, 4.69) is 0 Å². The second kappa shape index (κ2) is 7.86. The molecule has 0 bridgehead atoms. The zero-order valence-electron chi connectivity index (χ0n) is 12.8. The lowest BCUT2D eigenvalue weighted by atomic mass is 10.2. The first kappa shape index (κ1) is 18.1. The zero-order chi connectivity index (χ0) is 15.2. The Hall–Kier alpha value is 0.00688. The molecule has 1 saturated heterocycles. The Morgan fingerprint density at radius 2 is 1.60 bits per heavy atom. The van der Waals surface area contributed by atoms with Gasteiger partial charge in [0.1, 0.15) is 0 Å². The minimum absolute atomic E-state index is 0.234. The summed E-state index contributed by atoms with van der Waals surface area (Å²) in [4.78, 5) is 0. The van der Waals surface area contributed by atoms with Crippen LogP contribution in [0.2, 0.25) is 5.54 Å². The minimum Gasteiger partial charge on any atom is -0.374 e. The Morgan fingerprint density at radius 3 is 1.90 bits per heavy atom. The van der Waals surface area contributed by atoms with Crippen LogP contribution in [0, 0.1) is 0 Å². The highest BCUT2D eigenvalue weighted by Gasteiger charge is 2.56. The van der Waals surface area contributed by atoms with Crippen LogP contribution in [0.3, 0.4) is 0 Å². The summed E-state index contributed by atoms with van der Waals surface area (Å²) in [6, 6.07) is 0. The lowest BCUT2D eigenvalue weighted by molar-refractivity contribution is 0.0595.